The van der Waals surface area contributed by atoms with Gasteiger partial charge in [0.1, 0.15) is 0 Å². The van der Waals surface area contributed by atoms with E-state index in [1.54, 1.807) is 0 Å². The monoisotopic (exact) mass is 364 g/mol. The van der Waals surface area contributed by atoms with Crippen LogP contribution in [0.15, 0.2) is 60.7 Å². The zero-order valence-corrected chi connectivity index (χ0v) is 16.7. The molecule has 3 heteroatoms. The van der Waals surface area contributed by atoms with Gasteiger partial charge in [0, 0.05) is 31.2 Å². The Labute approximate surface area is 164 Å². The first-order valence-corrected chi connectivity index (χ1v) is 10.3. The zero-order valence-electron chi connectivity index (χ0n) is 16.7. The van der Waals surface area contributed by atoms with Crippen molar-refractivity contribution in [3.05, 3.63) is 66.2 Å². The third-order valence-corrected chi connectivity index (χ3v) is 5.66. The number of amides is 1. The number of para-hydroxylation sites is 1. The van der Waals surface area contributed by atoms with Crippen molar-refractivity contribution in [3.8, 4) is 0 Å². The number of carbonyl (C=O) groups excluding carboxylic acids is 1. The quantitative estimate of drug-likeness (QED) is 0.706. The fourth-order valence-electron chi connectivity index (χ4n) is 4.14. The van der Waals surface area contributed by atoms with E-state index in [0.29, 0.717) is 18.4 Å². The normalized spacial score (nSPS) is 18.8. The first-order valence-electron chi connectivity index (χ1n) is 10.3. The second kappa shape index (κ2) is 9.70. The topological polar surface area (TPSA) is 23.6 Å². The van der Waals surface area contributed by atoms with Crippen LogP contribution in [0.25, 0.3) is 0 Å². The lowest BCUT2D eigenvalue weighted by molar-refractivity contribution is -0.118. The highest BCUT2D eigenvalue weighted by Gasteiger charge is 2.27. The van der Waals surface area contributed by atoms with Gasteiger partial charge in [-0.3, -0.25) is 9.69 Å². The number of piperidine rings is 1. The van der Waals surface area contributed by atoms with E-state index in [0.717, 1.165) is 31.7 Å². The number of carbonyl (C=O) groups is 1. The summed E-state index contributed by atoms with van der Waals surface area (Å²) < 4.78 is 0. The van der Waals surface area contributed by atoms with Crippen LogP contribution < -0.4 is 4.90 Å². The van der Waals surface area contributed by atoms with Gasteiger partial charge in [0.25, 0.3) is 0 Å². The van der Waals surface area contributed by atoms with Gasteiger partial charge in [-0.1, -0.05) is 55.5 Å². The third-order valence-electron chi connectivity index (χ3n) is 5.66. The van der Waals surface area contributed by atoms with Gasteiger partial charge in [-0.15, -0.1) is 0 Å². The van der Waals surface area contributed by atoms with Crippen molar-refractivity contribution in [1.29, 1.82) is 0 Å². The lowest BCUT2D eigenvalue weighted by Gasteiger charge is -2.39. The van der Waals surface area contributed by atoms with E-state index in [1.807, 2.05) is 42.2 Å². The molecule has 0 spiro atoms. The van der Waals surface area contributed by atoms with Crippen molar-refractivity contribution in [2.45, 2.75) is 45.6 Å². The molecule has 0 bridgehead atoms. The fourth-order valence-corrected chi connectivity index (χ4v) is 4.14. The third kappa shape index (κ3) is 5.43. The number of nitrogens with zero attached hydrogens (tertiary/aromatic N) is 2. The van der Waals surface area contributed by atoms with Crippen molar-refractivity contribution < 1.29 is 4.79 Å². The summed E-state index contributed by atoms with van der Waals surface area (Å²) in [5.74, 6) is 0.753. The maximum absolute atomic E-state index is 12.6. The van der Waals surface area contributed by atoms with Crippen LogP contribution >= 0.6 is 0 Å². The van der Waals surface area contributed by atoms with Gasteiger partial charge < -0.3 is 4.90 Å². The highest BCUT2D eigenvalue weighted by atomic mass is 16.2. The predicted molar refractivity (Wildman–Crippen MR) is 113 cm³/mol. The maximum Gasteiger partial charge on any atom is 0.226 e. The van der Waals surface area contributed by atoms with Gasteiger partial charge in [-0.25, -0.2) is 0 Å². The molecular weight excluding hydrogens is 332 g/mol. The number of rotatable bonds is 7. The first kappa shape index (κ1) is 19.6. The molecular formula is C24H32N2O. The Kier molecular flexibility index (Phi) is 7.05. The lowest BCUT2D eigenvalue weighted by Crippen LogP contribution is -2.46. The number of likely N-dealkylation sites (tertiary alicyclic amines) is 1. The number of hydrogen-bond donors (Lipinski definition) is 0. The Morgan fingerprint density at radius 2 is 1.78 bits per heavy atom. The Hall–Kier alpha value is -2.13. The molecule has 27 heavy (non-hydrogen) atoms. The van der Waals surface area contributed by atoms with Gasteiger partial charge in [0.15, 0.2) is 0 Å². The Morgan fingerprint density at radius 1 is 1.11 bits per heavy atom. The van der Waals surface area contributed by atoms with E-state index in [-0.39, 0.29) is 5.91 Å². The second-order valence-electron chi connectivity index (χ2n) is 7.74. The van der Waals surface area contributed by atoms with Gasteiger partial charge in [0.05, 0.1) is 0 Å². The van der Waals surface area contributed by atoms with E-state index in [9.17, 15) is 4.79 Å². The molecule has 1 saturated heterocycles. The van der Waals surface area contributed by atoms with Gasteiger partial charge in [-0.05, 0) is 56.3 Å². The van der Waals surface area contributed by atoms with E-state index in [2.05, 4.69) is 42.2 Å². The van der Waals surface area contributed by atoms with Crippen LogP contribution in [-0.4, -0.2) is 36.5 Å². The van der Waals surface area contributed by atoms with Gasteiger partial charge >= 0.3 is 0 Å². The van der Waals surface area contributed by atoms with E-state index >= 15 is 0 Å². The molecule has 0 N–H and O–H groups in total. The van der Waals surface area contributed by atoms with Crippen molar-refractivity contribution >= 4 is 11.6 Å². The van der Waals surface area contributed by atoms with Gasteiger partial charge in [-0.2, -0.15) is 0 Å². The summed E-state index contributed by atoms with van der Waals surface area (Å²) in [5.41, 5.74) is 2.43. The molecule has 144 valence electrons. The highest BCUT2D eigenvalue weighted by molar-refractivity contribution is 5.93. The van der Waals surface area contributed by atoms with Crippen LogP contribution in [0.2, 0.25) is 0 Å². The standard InChI is InChI=1S/C24H32N2O/c1-3-24(27)26(23-14-8-5-9-15-23)19-22-13-10-16-25(18-22)20(2)17-21-11-6-4-7-12-21/h4-9,11-12,14-15,20,22H,3,10,13,16-19H2,1-2H3/t20?,22-/m1/s1. The minimum atomic E-state index is 0.218. The van der Waals surface area contributed by atoms with Crippen LogP contribution in [0.5, 0.6) is 0 Å². The molecule has 0 radical (unpaired) electrons. The minimum absolute atomic E-state index is 0.218. The van der Waals surface area contributed by atoms with Crippen LogP contribution in [-0.2, 0) is 11.2 Å². The zero-order chi connectivity index (χ0) is 19.1. The Balaban J connectivity index is 1.63. The second-order valence-corrected chi connectivity index (χ2v) is 7.74. The summed E-state index contributed by atoms with van der Waals surface area (Å²) in [6, 6.07) is 21.4. The average Bonchev–Trinajstić information content (AvgIpc) is 2.73. The van der Waals surface area contributed by atoms with Crippen molar-refractivity contribution in [2.24, 2.45) is 5.92 Å². The van der Waals surface area contributed by atoms with Crippen molar-refractivity contribution in [2.75, 3.05) is 24.5 Å². The van der Waals surface area contributed by atoms with Crippen molar-refractivity contribution in [1.82, 2.24) is 4.90 Å². The summed E-state index contributed by atoms with van der Waals surface area (Å²) in [4.78, 5) is 17.2. The number of anilines is 1. The summed E-state index contributed by atoms with van der Waals surface area (Å²) >= 11 is 0. The maximum atomic E-state index is 12.6. The molecule has 2 atom stereocenters. The lowest BCUT2D eigenvalue weighted by atomic mass is 9.94. The SMILES string of the molecule is CCC(=O)N(C[C@@H]1CCCN(C(C)Cc2ccccc2)C1)c1ccccc1. The smallest absolute Gasteiger partial charge is 0.226 e. The fraction of sp³-hybridized carbons (Fsp3) is 0.458. The molecule has 3 rings (SSSR count). The molecule has 3 nitrogen and oxygen atoms in total. The largest absolute Gasteiger partial charge is 0.312 e. The van der Waals surface area contributed by atoms with Crippen LogP contribution in [0.1, 0.15) is 38.7 Å². The molecule has 2 aromatic rings. The minimum Gasteiger partial charge on any atom is -0.312 e. The highest BCUT2D eigenvalue weighted by Crippen LogP contribution is 2.24. The summed E-state index contributed by atoms with van der Waals surface area (Å²) in [5, 5.41) is 0. The molecule has 1 heterocycles. The van der Waals surface area contributed by atoms with E-state index in [4.69, 9.17) is 0 Å². The summed E-state index contributed by atoms with van der Waals surface area (Å²) in [7, 11) is 0. The Morgan fingerprint density at radius 3 is 2.44 bits per heavy atom. The molecule has 1 aliphatic rings. The first-order chi connectivity index (χ1) is 13.2. The molecule has 1 fully saturated rings. The summed E-state index contributed by atoms with van der Waals surface area (Å²) in [6.45, 7) is 7.35. The Bertz CT molecular complexity index is 701. The summed E-state index contributed by atoms with van der Waals surface area (Å²) in [6.07, 6.45) is 4.06. The van der Waals surface area contributed by atoms with E-state index in [1.165, 1.54) is 18.4 Å². The number of benzene rings is 2. The number of hydrogen-bond acceptors (Lipinski definition) is 2. The predicted octanol–water partition coefficient (Wildman–Crippen LogP) is 4.77. The van der Waals surface area contributed by atoms with Crippen molar-refractivity contribution in [3.63, 3.8) is 0 Å². The molecule has 1 amide bonds. The average molecular weight is 365 g/mol. The van der Waals surface area contributed by atoms with Crippen LogP contribution in [0.3, 0.4) is 0 Å². The molecule has 1 aliphatic heterocycles. The van der Waals surface area contributed by atoms with Crippen LogP contribution in [0, 0.1) is 5.92 Å². The molecule has 1 unspecified atom stereocenters. The molecule has 2 aromatic carbocycles. The molecule has 0 aromatic heterocycles. The van der Waals surface area contributed by atoms with Crippen LogP contribution in [0.4, 0.5) is 5.69 Å². The van der Waals surface area contributed by atoms with Gasteiger partial charge in [0.2, 0.25) is 5.91 Å². The molecule has 0 aliphatic carbocycles. The molecule has 0 saturated carbocycles. The van der Waals surface area contributed by atoms with E-state index < -0.39 is 0 Å².